The molecule has 1 aliphatic rings. The van der Waals surface area contributed by atoms with Crippen molar-refractivity contribution in [3.05, 3.63) is 24.3 Å². The summed E-state index contributed by atoms with van der Waals surface area (Å²) in [6.45, 7) is 3.55. The van der Waals surface area contributed by atoms with E-state index < -0.39 is 0 Å². The SMILES string of the molecule is COc1ccccc1NC(=O)CNCC1CCN(C)CC1. The second-order valence-electron chi connectivity index (χ2n) is 5.63. The summed E-state index contributed by atoms with van der Waals surface area (Å²) >= 11 is 0. The molecule has 1 amide bonds. The zero-order valence-corrected chi connectivity index (χ0v) is 12.9. The molecule has 0 saturated carbocycles. The molecule has 1 heterocycles. The van der Waals surface area contributed by atoms with Crippen molar-refractivity contribution >= 4 is 11.6 Å². The molecular formula is C16H25N3O2. The zero-order chi connectivity index (χ0) is 15.1. The van der Waals surface area contributed by atoms with Crippen LogP contribution in [0.1, 0.15) is 12.8 Å². The lowest BCUT2D eigenvalue weighted by molar-refractivity contribution is -0.115. The maximum atomic E-state index is 11.9. The summed E-state index contributed by atoms with van der Waals surface area (Å²) in [5.74, 6) is 1.33. The Hall–Kier alpha value is -1.59. The zero-order valence-electron chi connectivity index (χ0n) is 12.9. The van der Waals surface area contributed by atoms with Crippen LogP contribution >= 0.6 is 0 Å². The van der Waals surface area contributed by atoms with E-state index in [0.29, 0.717) is 23.9 Å². The number of para-hydroxylation sites is 2. The van der Waals surface area contributed by atoms with Gasteiger partial charge < -0.3 is 20.3 Å². The lowest BCUT2D eigenvalue weighted by atomic mass is 9.97. The monoisotopic (exact) mass is 291 g/mol. The summed E-state index contributed by atoms with van der Waals surface area (Å²) in [5.41, 5.74) is 0.714. The van der Waals surface area contributed by atoms with E-state index in [1.807, 2.05) is 24.3 Å². The van der Waals surface area contributed by atoms with Crippen LogP contribution in [0.25, 0.3) is 0 Å². The number of amides is 1. The number of carbonyl (C=O) groups is 1. The number of benzene rings is 1. The largest absolute Gasteiger partial charge is 0.495 e. The Balaban J connectivity index is 1.70. The van der Waals surface area contributed by atoms with Gasteiger partial charge in [0.15, 0.2) is 0 Å². The van der Waals surface area contributed by atoms with Gasteiger partial charge in [-0.1, -0.05) is 12.1 Å². The van der Waals surface area contributed by atoms with E-state index in [9.17, 15) is 4.79 Å². The van der Waals surface area contributed by atoms with Crippen molar-refractivity contribution in [3.63, 3.8) is 0 Å². The van der Waals surface area contributed by atoms with Gasteiger partial charge in [0.25, 0.3) is 0 Å². The maximum absolute atomic E-state index is 11.9. The van der Waals surface area contributed by atoms with Crippen LogP contribution in [-0.4, -0.2) is 51.1 Å². The number of rotatable bonds is 6. The van der Waals surface area contributed by atoms with Gasteiger partial charge in [0, 0.05) is 0 Å². The average molecular weight is 291 g/mol. The van der Waals surface area contributed by atoms with E-state index in [2.05, 4.69) is 22.6 Å². The lowest BCUT2D eigenvalue weighted by Crippen LogP contribution is -2.37. The summed E-state index contributed by atoms with van der Waals surface area (Å²) in [6.07, 6.45) is 2.41. The molecule has 0 unspecified atom stereocenters. The Morgan fingerprint density at radius 2 is 2.05 bits per heavy atom. The van der Waals surface area contributed by atoms with Crippen LogP contribution in [0.4, 0.5) is 5.69 Å². The van der Waals surface area contributed by atoms with Crippen LogP contribution in [0, 0.1) is 5.92 Å². The number of nitrogens with one attached hydrogen (secondary N) is 2. The number of piperidine rings is 1. The van der Waals surface area contributed by atoms with Crippen LogP contribution in [0.3, 0.4) is 0 Å². The highest BCUT2D eigenvalue weighted by molar-refractivity contribution is 5.93. The molecule has 0 atom stereocenters. The molecule has 0 aromatic heterocycles. The highest BCUT2D eigenvalue weighted by Crippen LogP contribution is 2.22. The van der Waals surface area contributed by atoms with Crippen LogP contribution in [-0.2, 0) is 4.79 Å². The number of likely N-dealkylation sites (tertiary alicyclic amines) is 1. The minimum absolute atomic E-state index is 0.0348. The van der Waals surface area contributed by atoms with E-state index in [4.69, 9.17) is 4.74 Å². The molecule has 0 bridgehead atoms. The van der Waals surface area contributed by atoms with Crippen LogP contribution in [0.2, 0.25) is 0 Å². The molecule has 0 radical (unpaired) electrons. The Morgan fingerprint density at radius 1 is 1.33 bits per heavy atom. The van der Waals surface area contributed by atoms with Gasteiger partial charge in [-0.3, -0.25) is 4.79 Å². The second-order valence-corrected chi connectivity index (χ2v) is 5.63. The van der Waals surface area contributed by atoms with Crippen molar-refractivity contribution in [3.8, 4) is 5.75 Å². The van der Waals surface area contributed by atoms with E-state index in [-0.39, 0.29) is 5.91 Å². The molecule has 2 rings (SSSR count). The van der Waals surface area contributed by atoms with Gasteiger partial charge in [-0.25, -0.2) is 0 Å². The van der Waals surface area contributed by atoms with Gasteiger partial charge in [-0.05, 0) is 57.6 Å². The number of nitrogens with zero attached hydrogens (tertiary/aromatic N) is 1. The minimum Gasteiger partial charge on any atom is -0.495 e. The van der Waals surface area contributed by atoms with Gasteiger partial charge in [0.05, 0.1) is 19.3 Å². The predicted octanol–water partition coefficient (Wildman–Crippen LogP) is 1.57. The molecule has 0 spiro atoms. The average Bonchev–Trinajstić information content (AvgIpc) is 2.50. The predicted molar refractivity (Wildman–Crippen MR) is 84.7 cm³/mol. The van der Waals surface area contributed by atoms with Gasteiger partial charge >= 0.3 is 0 Å². The van der Waals surface area contributed by atoms with Crippen molar-refractivity contribution < 1.29 is 9.53 Å². The summed E-state index contributed by atoms with van der Waals surface area (Å²) in [4.78, 5) is 14.3. The quantitative estimate of drug-likeness (QED) is 0.835. The fraction of sp³-hybridized carbons (Fsp3) is 0.562. The highest BCUT2D eigenvalue weighted by atomic mass is 16.5. The Bertz CT molecular complexity index is 457. The molecule has 1 aliphatic heterocycles. The Kier molecular flexibility index (Phi) is 6.02. The van der Waals surface area contributed by atoms with Gasteiger partial charge in [-0.15, -0.1) is 0 Å². The van der Waals surface area contributed by atoms with Crippen LogP contribution in [0.15, 0.2) is 24.3 Å². The molecule has 1 aromatic rings. The number of anilines is 1. The lowest BCUT2D eigenvalue weighted by Gasteiger charge is -2.28. The molecule has 21 heavy (non-hydrogen) atoms. The third kappa shape index (κ3) is 5.02. The number of methoxy groups -OCH3 is 1. The van der Waals surface area contributed by atoms with Gasteiger partial charge in [0.2, 0.25) is 5.91 Å². The first-order valence-electron chi connectivity index (χ1n) is 7.51. The Labute approximate surface area is 126 Å². The standard InChI is InChI=1S/C16H25N3O2/c1-19-9-7-13(8-10-19)11-17-12-16(20)18-14-5-3-4-6-15(14)21-2/h3-6,13,17H,7-12H2,1-2H3,(H,18,20). The van der Waals surface area contributed by atoms with Crippen molar-refractivity contribution in [1.82, 2.24) is 10.2 Å². The molecule has 5 nitrogen and oxygen atoms in total. The summed E-state index contributed by atoms with van der Waals surface area (Å²) < 4.78 is 5.22. The van der Waals surface area contributed by atoms with Gasteiger partial charge in [0.1, 0.15) is 5.75 Å². The first-order valence-corrected chi connectivity index (χ1v) is 7.51. The van der Waals surface area contributed by atoms with Crippen molar-refractivity contribution in [1.29, 1.82) is 0 Å². The molecule has 116 valence electrons. The number of carbonyl (C=O) groups excluding carboxylic acids is 1. The maximum Gasteiger partial charge on any atom is 0.238 e. The number of ether oxygens (including phenoxy) is 1. The molecule has 0 aliphatic carbocycles. The minimum atomic E-state index is -0.0348. The van der Waals surface area contributed by atoms with Crippen molar-refractivity contribution in [2.75, 3.05) is 45.7 Å². The number of hydrogen-bond acceptors (Lipinski definition) is 4. The molecule has 1 saturated heterocycles. The summed E-state index contributed by atoms with van der Waals surface area (Å²) in [7, 11) is 3.76. The third-order valence-electron chi connectivity index (χ3n) is 3.94. The summed E-state index contributed by atoms with van der Waals surface area (Å²) in [5, 5.41) is 6.13. The van der Waals surface area contributed by atoms with E-state index in [1.165, 1.54) is 12.8 Å². The first kappa shape index (κ1) is 15.8. The second kappa shape index (κ2) is 8.00. The molecular weight excluding hydrogens is 266 g/mol. The van der Waals surface area contributed by atoms with Crippen LogP contribution in [0.5, 0.6) is 5.75 Å². The molecule has 1 fully saturated rings. The van der Waals surface area contributed by atoms with Gasteiger partial charge in [-0.2, -0.15) is 0 Å². The highest BCUT2D eigenvalue weighted by Gasteiger charge is 2.16. The smallest absolute Gasteiger partial charge is 0.238 e. The molecule has 5 heteroatoms. The normalized spacial score (nSPS) is 16.7. The van der Waals surface area contributed by atoms with Crippen molar-refractivity contribution in [2.45, 2.75) is 12.8 Å². The summed E-state index contributed by atoms with van der Waals surface area (Å²) in [6, 6.07) is 7.44. The first-order chi connectivity index (χ1) is 10.2. The molecule has 2 N–H and O–H groups in total. The number of hydrogen-bond donors (Lipinski definition) is 2. The topological polar surface area (TPSA) is 53.6 Å². The Morgan fingerprint density at radius 3 is 2.76 bits per heavy atom. The van der Waals surface area contributed by atoms with E-state index >= 15 is 0 Å². The van der Waals surface area contributed by atoms with E-state index in [1.54, 1.807) is 7.11 Å². The van der Waals surface area contributed by atoms with E-state index in [0.717, 1.165) is 19.6 Å². The molecule has 1 aromatic carbocycles. The fourth-order valence-corrected chi connectivity index (χ4v) is 2.60. The third-order valence-corrected chi connectivity index (χ3v) is 3.94. The van der Waals surface area contributed by atoms with Crippen LogP contribution < -0.4 is 15.4 Å². The van der Waals surface area contributed by atoms with Crippen molar-refractivity contribution in [2.24, 2.45) is 5.92 Å². The fourth-order valence-electron chi connectivity index (χ4n) is 2.60.